The first-order valence-electron chi connectivity index (χ1n) is 8.68. The molecule has 1 heterocycles. The molecule has 0 spiro atoms. The van der Waals surface area contributed by atoms with Gasteiger partial charge in [-0.05, 0) is 56.6 Å². The van der Waals surface area contributed by atoms with Crippen molar-refractivity contribution in [2.24, 2.45) is 11.8 Å². The molecular formula is C18H27N3O2. The molecule has 3 N–H and O–H groups in total. The Kier molecular flexibility index (Phi) is 4.94. The third kappa shape index (κ3) is 3.89. The van der Waals surface area contributed by atoms with E-state index in [1.165, 1.54) is 12.8 Å². The average Bonchev–Trinajstić information content (AvgIpc) is 2.82. The molecule has 1 aromatic rings. The van der Waals surface area contributed by atoms with Crippen LogP contribution < -0.4 is 11.1 Å². The highest BCUT2D eigenvalue weighted by molar-refractivity contribution is 5.68. The van der Waals surface area contributed by atoms with Crippen LogP contribution in [0.1, 0.15) is 32.6 Å². The normalized spacial score (nSPS) is 27.2. The standard InChI is InChI=1S/C18H27N3O2/c1-2-23-18(22)21-11-13-7-8-14(12-21)10-15(9-13)20-17-6-4-3-5-16(17)19/h3-6,13-15,20H,2,7-12,19H2,1H3. The molecule has 2 atom stereocenters. The number of rotatable bonds is 3. The van der Waals surface area contributed by atoms with Gasteiger partial charge in [-0.25, -0.2) is 4.79 Å². The fourth-order valence-electron chi connectivity index (χ4n) is 3.97. The summed E-state index contributed by atoms with van der Waals surface area (Å²) in [7, 11) is 0. The molecule has 2 aliphatic rings. The van der Waals surface area contributed by atoms with Gasteiger partial charge in [0.1, 0.15) is 0 Å². The fourth-order valence-corrected chi connectivity index (χ4v) is 3.97. The van der Waals surface area contributed by atoms with Crippen molar-refractivity contribution in [3.8, 4) is 0 Å². The molecule has 1 amide bonds. The van der Waals surface area contributed by atoms with Gasteiger partial charge in [-0.1, -0.05) is 12.1 Å². The molecule has 5 nitrogen and oxygen atoms in total. The van der Waals surface area contributed by atoms with E-state index in [1.54, 1.807) is 0 Å². The van der Waals surface area contributed by atoms with Gasteiger partial charge in [-0.15, -0.1) is 0 Å². The summed E-state index contributed by atoms with van der Waals surface area (Å²) in [5, 5.41) is 3.63. The highest BCUT2D eigenvalue weighted by Crippen LogP contribution is 2.34. The van der Waals surface area contributed by atoms with Crippen LogP contribution in [0.25, 0.3) is 0 Å². The Morgan fingerprint density at radius 1 is 1.26 bits per heavy atom. The quantitative estimate of drug-likeness (QED) is 0.839. The van der Waals surface area contributed by atoms with Crippen molar-refractivity contribution in [3.63, 3.8) is 0 Å². The van der Waals surface area contributed by atoms with Crippen molar-refractivity contribution in [1.82, 2.24) is 4.90 Å². The Morgan fingerprint density at radius 3 is 2.52 bits per heavy atom. The predicted molar refractivity (Wildman–Crippen MR) is 92.3 cm³/mol. The molecule has 1 aliphatic heterocycles. The fraction of sp³-hybridized carbons (Fsp3) is 0.611. The zero-order chi connectivity index (χ0) is 16.2. The van der Waals surface area contributed by atoms with Gasteiger partial charge in [-0.3, -0.25) is 0 Å². The minimum Gasteiger partial charge on any atom is -0.450 e. The minimum absolute atomic E-state index is 0.150. The second-order valence-corrected chi connectivity index (χ2v) is 6.81. The molecule has 0 radical (unpaired) electrons. The van der Waals surface area contributed by atoms with Gasteiger partial charge in [0.15, 0.2) is 0 Å². The molecule has 126 valence electrons. The zero-order valence-electron chi connectivity index (χ0n) is 13.8. The predicted octanol–water partition coefficient (Wildman–Crippen LogP) is 3.33. The van der Waals surface area contributed by atoms with Crippen LogP contribution in [0.5, 0.6) is 0 Å². The molecule has 1 aliphatic carbocycles. The van der Waals surface area contributed by atoms with Crippen LogP contribution in [-0.4, -0.2) is 36.7 Å². The van der Waals surface area contributed by atoms with Gasteiger partial charge in [0.2, 0.25) is 0 Å². The number of nitrogens with zero attached hydrogens (tertiary/aromatic N) is 1. The number of fused-ring (bicyclic) bond motifs is 3. The Morgan fingerprint density at radius 2 is 1.91 bits per heavy atom. The van der Waals surface area contributed by atoms with E-state index in [1.807, 2.05) is 36.1 Å². The van der Waals surface area contributed by atoms with Crippen LogP contribution in [-0.2, 0) is 4.74 Å². The number of para-hydroxylation sites is 2. The third-order valence-electron chi connectivity index (χ3n) is 5.02. The third-order valence-corrected chi connectivity index (χ3v) is 5.02. The molecule has 1 saturated carbocycles. The number of benzene rings is 1. The molecule has 5 heteroatoms. The van der Waals surface area contributed by atoms with Crippen molar-refractivity contribution < 1.29 is 9.53 Å². The summed E-state index contributed by atoms with van der Waals surface area (Å²) in [4.78, 5) is 14.0. The second kappa shape index (κ2) is 7.11. The van der Waals surface area contributed by atoms with Crippen LogP contribution in [0.15, 0.2) is 24.3 Å². The highest BCUT2D eigenvalue weighted by atomic mass is 16.6. The first-order valence-corrected chi connectivity index (χ1v) is 8.68. The largest absolute Gasteiger partial charge is 0.450 e. The number of hydrogen-bond donors (Lipinski definition) is 2. The lowest BCUT2D eigenvalue weighted by atomic mass is 9.94. The number of likely N-dealkylation sites (tertiary alicyclic amines) is 1. The smallest absolute Gasteiger partial charge is 0.409 e. The lowest BCUT2D eigenvalue weighted by Crippen LogP contribution is -2.41. The lowest BCUT2D eigenvalue weighted by Gasteiger charge is -2.32. The number of carbonyl (C=O) groups is 1. The first kappa shape index (κ1) is 16.0. The number of nitrogens with one attached hydrogen (secondary N) is 1. The Bertz CT molecular complexity index is 533. The van der Waals surface area contributed by atoms with Crippen molar-refractivity contribution in [2.75, 3.05) is 30.7 Å². The van der Waals surface area contributed by atoms with Crippen molar-refractivity contribution in [1.29, 1.82) is 0 Å². The molecule has 3 rings (SSSR count). The highest BCUT2D eigenvalue weighted by Gasteiger charge is 2.34. The molecule has 2 bridgehead atoms. The van der Waals surface area contributed by atoms with E-state index >= 15 is 0 Å². The van der Waals surface area contributed by atoms with E-state index in [-0.39, 0.29) is 6.09 Å². The minimum atomic E-state index is -0.150. The number of amides is 1. The van der Waals surface area contributed by atoms with Crippen LogP contribution >= 0.6 is 0 Å². The average molecular weight is 317 g/mol. The summed E-state index contributed by atoms with van der Waals surface area (Å²) in [5.41, 5.74) is 7.88. The van der Waals surface area contributed by atoms with Crippen molar-refractivity contribution in [2.45, 2.75) is 38.6 Å². The zero-order valence-corrected chi connectivity index (χ0v) is 13.8. The number of nitrogen functional groups attached to an aromatic ring is 1. The first-order chi connectivity index (χ1) is 11.2. The second-order valence-electron chi connectivity index (χ2n) is 6.81. The van der Waals surface area contributed by atoms with E-state index in [4.69, 9.17) is 10.5 Å². The summed E-state index contributed by atoms with van der Waals surface area (Å²) in [6.07, 6.45) is 4.41. The Hall–Kier alpha value is -1.91. The SMILES string of the molecule is CCOC(=O)N1CC2CCC(CC(Nc3ccccc3N)C2)C1. The number of hydrogen-bond acceptors (Lipinski definition) is 4. The Labute approximate surface area is 138 Å². The number of carbonyl (C=O) groups excluding carboxylic acids is 1. The van der Waals surface area contributed by atoms with Crippen molar-refractivity contribution >= 4 is 17.5 Å². The summed E-state index contributed by atoms with van der Waals surface area (Å²) in [6.45, 7) is 3.94. The lowest BCUT2D eigenvalue weighted by molar-refractivity contribution is 0.0939. The van der Waals surface area contributed by atoms with Crippen LogP contribution in [0.3, 0.4) is 0 Å². The van der Waals surface area contributed by atoms with Crippen molar-refractivity contribution in [3.05, 3.63) is 24.3 Å². The van der Waals surface area contributed by atoms with Gasteiger partial charge >= 0.3 is 6.09 Å². The van der Waals surface area contributed by atoms with E-state index in [0.717, 1.165) is 37.3 Å². The number of ether oxygens (including phenoxy) is 1. The van der Waals surface area contributed by atoms with Crippen LogP contribution in [0.4, 0.5) is 16.2 Å². The van der Waals surface area contributed by atoms with E-state index in [9.17, 15) is 4.79 Å². The van der Waals surface area contributed by atoms with Gasteiger partial charge in [0.25, 0.3) is 0 Å². The van der Waals surface area contributed by atoms with Gasteiger partial charge in [0.05, 0.1) is 18.0 Å². The number of nitrogens with two attached hydrogens (primary N) is 1. The monoisotopic (exact) mass is 317 g/mol. The van der Waals surface area contributed by atoms with E-state index < -0.39 is 0 Å². The van der Waals surface area contributed by atoms with Gasteiger partial charge < -0.3 is 20.7 Å². The summed E-state index contributed by atoms with van der Waals surface area (Å²) < 4.78 is 5.20. The van der Waals surface area contributed by atoms with Gasteiger partial charge in [0, 0.05) is 19.1 Å². The van der Waals surface area contributed by atoms with Crippen LogP contribution in [0, 0.1) is 11.8 Å². The maximum absolute atomic E-state index is 12.1. The summed E-state index contributed by atoms with van der Waals surface area (Å²) in [5.74, 6) is 1.07. The van der Waals surface area contributed by atoms with Crippen LogP contribution in [0.2, 0.25) is 0 Å². The molecule has 1 saturated heterocycles. The Balaban J connectivity index is 1.66. The maximum atomic E-state index is 12.1. The molecular weight excluding hydrogens is 290 g/mol. The van der Waals surface area contributed by atoms with E-state index in [2.05, 4.69) is 5.32 Å². The topological polar surface area (TPSA) is 67.6 Å². The summed E-state index contributed by atoms with van der Waals surface area (Å²) >= 11 is 0. The number of anilines is 2. The maximum Gasteiger partial charge on any atom is 0.409 e. The molecule has 2 unspecified atom stereocenters. The molecule has 0 aromatic heterocycles. The van der Waals surface area contributed by atoms with E-state index in [0.29, 0.717) is 24.5 Å². The molecule has 2 fully saturated rings. The molecule has 1 aromatic carbocycles. The molecule has 23 heavy (non-hydrogen) atoms. The van der Waals surface area contributed by atoms with Gasteiger partial charge in [-0.2, -0.15) is 0 Å². The summed E-state index contributed by atoms with van der Waals surface area (Å²) in [6, 6.07) is 8.38.